The molecule has 0 aliphatic rings. The number of thioether (sulfide) groups is 1. The van der Waals surface area contributed by atoms with Crippen molar-refractivity contribution in [3.63, 3.8) is 0 Å². The van der Waals surface area contributed by atoms with E-state index in [0.29, 0.717) is 11.1 Å². The summed E-state index contributed by atoms with van der Waals surface area (Å²) in [5.41, 5.74) is 3.98. The predicted octanol–water partition coefficient (Wildman–Crippen LogP) is 3.82. The molecule has 1 amide bonds. The van der Waals surface area contributed by atoms with Gasteiger partial charge in [-0.1, -0.05) is 55.9 Å². The van der Waals surface area contributed by atoms with Gasteiger partial charge in [0.1, 0.15) is 0 Å². The molecule has 0 saturated heterocycles. The van der Waals surface area contributed by atoms with Crippen molar-refractivity contribution < 1.29 is 4.79 Å². The van der Waals surface area contributed by atoms with Gasteiger partial charge in [-0.15, -0.1) is 5.10 Å². The smallest absolute Gasteiger partial charge is 0.234 e. The molecule has 6 nitrogen and oxygen atoms in total. The first-order valence-corrected chi connectivity index (χ1v) is 9.40. The lowest BCUT2D eigenvalue weighted by molar-refractivity contribution is -0.113. The van der Waals surface area contributed by atoms with Crippen LogP contribution in [0.3, 0.4) is 0 Å². The van der Waals surface area contributed by atoms with Gasteiger partial charge in [0.05, 0.1) is 11.4 Å². The fourth-order valence-electron chi connectivity index (χ4n) is 2.46. The monoisotopic (exact) mass is 367 g/mol. The summed E-state index contributed by atoms with van der Waals surface area (Å²) in [6.45, 7) is 6.27. The SMILES string of the molecule is Cc1ccccc1NC(=O)CSc1nnnn1-c1ccc(C(C)C)cc1. The first-order chi connectivity index (χ1) is 12.5. The van der Waals surface area contributed by atoms with Crippen LogP contribution in [-0.4, -0.2) is 31.9 Å². The van der Waals surface area contributed by atoms with Gasteiger partial charge in [-0.25, -0.2) is 0 Å². The number of benzene rings is 2. The summed E-state index contributed by atoms with van der Waals surface area (Å²) >= 11 is 1.31. The maximum absolute atomic E-state index is 12.2. The standard InChI is InChI=1S/C19H21N5OS/c1-13(2)15-8-10-16(11-9-15)24-19(21-22-23-24)26-12-18(25)20-17-7-5-4-6-14(17)3/h4-11,13H,12H2,1-3H3,(H,20,25). The Hall–Kier alpha value is -2.67. The maximum atomic E-state index is 12.2. The van der Waals surface area contributed by atoms with Gasteiger partial charge < -0.3 is 5.32 Å². The number of nitrogens with zero attached hydrogens (tertiary/aromatic N) is 4. The van der Waals surface area contributed by atoms with Crippen molar-refractivity contribution in [2.45, 2.75) is 31.8 Å². The molecule has 0 aliphatic heterocycles. The Bertz CT molecular complexity index is 889. The topological polar surface area (TPSA) is 72.7 Å². The van der Waals surface area contributed by atoms with Crippen molar-refractivity contribution in [2.75, 3.05) is 11.1 Å². The predicted molar refractivity (Wildman–Crippen MR) is 104 cm³/mol. The van der Waals surface area contributed by atoms with E-state index in [9.17, 15) is 4.79 Å². The van der Waals surface area contributed by atoms with Crippen LogP contribution in [0.15, 0.2) is 53.7 Å². The highest BCUT2D eigenvalue weighted by molar-refractivity contribution is 7.99. The number of amides is 1. The summed E-state index contributed by atoms with van der Waals surface area (Å²) < 4.78 is 1.65. The van der Waals surface area contributed by atoms with Crippen LogP contribution in [0.2, 0.25) is 0 Å². The molecular weight excluding hydrogens is 346 g/mol. The van der Waals surface area contributed by atoms with Gasteiger partial charge in [-0.3, -0.25) is 4.79 Å². The molecule has 0 spiro atoms. The van der Waals surface area contributed by atoms with Gasteiger partial charge in [0.2, 0.25) is 11.1 Å². The van der Waals surface area contributed by atoms with Gasteiger partial charge in [0.15, 0.2) is 0 Å². The summed E-state index contributed by atoms with van der Waals surface area (Å²) in [5, 5.41) is 15.3. The van der Waals surface area contributed by atoms with Gasteiger partial charge >= 0.3 is 0 Å². The van der Waals surface area contributed by atoms with E-state index in [1.54, 1.807) is 4.68 Å². The zero-order valence-corrected chi connectivity index (χ0v) is 15.8. The van der Waals surface area contributed by atoms with E-state index in [4.69, 9.17) is 0 Å². The number of carbonyl (C=O) groups is 1. The van der Waals surface area contributed by atoms with Crippen LogP contribution in [0.4, 0.5) is 5.69 Å². The van der Waals surface area contributed by atoms with Crippen LogP contribution < -0.4 is 5.32 Å². The van der Waals surface area contributed by atoms with Crippen LogP contribution in [-0.2, 0) is 4.79 Å². The normalized spacial score (nSPS) is 10.9. The van der Waals surface area contributed by atoms with Gasteiger partial charge in [0, 0.05) is 5.69 Å². The fourth-order valence-corrected chi connectivity index (χ4v) is 3.15. The molecule has 0 bridgehead atoms. The quantitative estimate of drug-likeness (QED) is 0.671. The van der Waals surface area contributed by atoms with Crippen molar-refractivity contribution in [1.29, 1.82) is 0 Å². The number of aryl methyl sites for hydroxylation is 1. The molecule has 0 aliphatic carbocycles. The zero-order valence-electron chi connectivity index (χ0n) is 15.0. The van der Waals surface area contributed by atoms with E-state index in [1.165, 1.54) is 17.3 Å². The van der Waals surface area contributed by atoms with Crippen molar-refractivity contribution in [1.82, 2.24) is 20.2 Å². The molecule has 1 heterocycles. The van der Waals surface area contributed by atoms with Crippen LogP contribution in [0.25, 0.3) is 5.69 Å². The Labute approximate surface area is 157 Å². The first-order valence-electron chi connectivity index (χ1n) is 8.41. The lowest BCUT2D eigenvalue weighted by Gasteiger charge is -2.09. The average Bonchev–Trinajstić information content (AvgIpc) is 3.10. The number of tetrazole rings is 1. The third-order valence-corrected chi connectivity index (χ3v) is 4.92. The minimum atomic E-state index is -0.0889. The summed E-state index contributed by atoms with van der Waals surface area (Å²) in [4.78, 5) is 12.2. The van der Waals surface area contributed by atoms with Gasteiger partial charge in [-0.05, 0) is 52.6 Å². The Morgan fingerprint density at radius 1 is 1.15 bits per heavy atom. The molecule has 7 heteroatoms. The Morgan fingerprint density at radius 2 is 1.88 bits per heavy atom. The number of rotatable bonds is 6. The van der Waals surface area contributed by atoms with E-state index in [-0.39, 0.29) is 11.7 Å². The minimum Gasteiger partial charge on any atom is -0.325 e. The highest BCUT2D eigenvalue weighted by atomic mass is 32.2. The Morgan fingerprint density at radius 3 is 2.58 bits per heavy atom. The minimum absolute atomic E-state index is 0.0889. The van der Waals surface area contributed by atoms with Crippen molar-refractivity contribution in [3.05, 3.63) is 59.7 Å². The highest BCUT2D eigenvalue weighted by Gasteiger charge is 2.12. The summed E-state index contributed by atoms with van der Waals surface area (Å²) in [6.07, 6.45) is 0. The van der Waals surface area contributed by atoms with E-state index < -0.39 is 0 Å². The number of hydrogen-bond acceptors (Lipinski definition) is 5. The summed E-state index contributed by atoms with van der Waals surface area (Å²) in [6, 6.07) is 15.8. The molecule has 134 valence electrons. The maximum Gasteiger partial charge on any atom is 0.234 e. The second-order valence-corrected chi connectivity index (χ2v) is 7.21. The van der Waals surface area contributed by atoms with E-state index in [1.807, 2.05) is 43.3 Å². The molecule has 0 atom stereocenters. The van der Waals surface area contributed by atoms with Crippen molar-refractivity contribution in [3.8, 4) is 5.69 Å². The van der Waals surface area contributed by atoms with Crippen molar-refractivity contribution in [2.24, 2.45) is 0 Å². The number of aromatic nitrogens is 4. The van der Waals surface area contributed by atoms with Gasteiger partial charge in [-0.2, -0.15) is 4.68 Å². The fraction of sp³-hybridized carbons (Fsp3) is 0.263. The number of hydrogen-bond donors (Lipinski definition) is 1. The van der Waals surface area contributed by atoms with E-state index >= 15 is 0 Å². The van der Waals surface area contributed by atoms with Crippen molar-refractivity contribution >= 4 is 23.4 Å². The molecular formula is C19H21N5OS. The highest BCUT2D eigenvalue weighted by Crippen LogP contribution is 2.21. The number of nitrogens with one attached hydrogen (secondary N) is 1. The summed E-state index contributed by atoms with van der Waals surface area (Å²) in [5.74, 6) is 0.615. The molecule has 0 saturated carbocycles. The average molecular weight is 367 g/mol. The van der Waals surface area contributed by atoms with E-state index in [2.05, 4.69) is 46.8 Å². The van der Waals surface area contributed by atoms with E-state index in [0.717, 1.165) is 16.9 Å². The molecule has 2 aromatic carbocycles. The largest absolute Gasteiger partial charge is 0.325 e. The van der Waals surface area contributed by atoms with Crippen LogP contribution in [0.5, 0.6) is 0 Å². The first kappa shape index (κ1) is 18.1. The third kappa shape index (κ3) is 4.29. The molecule has 0 unspecified atom stereocenters. The Balaban J connectivity index is 1.65. The van der Waals surface area contributed by atoms with Crippen LogP contribution in [0.1, 0.15) is 30.9 Å². The molecule has 26 heavy (non-hydrogen) atoms. The Kier molecular flexibility index (Phi) is 5.68. The zero-order chi connectivity index (χ0) is 18.5. The molecule has 3 aromatic rings. The van der Waals surface area contributed by atoms with Gasteiger partial charge in [0.25, 0.3) is 0 Å². The molecule has 1 N–H and O–H groups in total. The molecule has 0 fully saturated rings. The van der Waals surface area contributed by atoms with Crippen LogP contribution >= 0.6 is 11.8 Å². The second-order valence-electron chi connectivity index (χ2n) is 6.27. The number of carbonyl (C=O) groups excluding carboxylic acids is 1. The summed E-state index contributed by atoms with van der Waals surface area (Å²) in [7, 11) is 0. The lowest BCUT2D eigenvalue weighted by Crippen LogP contribution is -2.15. The third-order valence-electron chi connectivity index (χ3n) is 4.00. The van der Waals surface area contributed by atoms with Crippen LogP contribution in [0, 0.1) is 6.92 Å². The number of anilines is 1. The molecule has 3 rings (SSSR count). The second kappa shape index (κ2) is 8.14. The molecule has 1 aromatic heterocycles. The molecule has 0 radical (unpaired) electrons. The number of para-hydroxylation sites is 1. The lowest BCUT2D eigenvalue weighted by atomic mass is 10.0.